The molecule has 4 heteroatoms. The summed E-state index contributed by atoms with van der Waals surface area (Å²) in [5.74, 6) is 0. The molecule has 0 amide bonds. The van der Waals surface area contributed by atoms with Gasteiger partial charge in [-0.05, 0) is 53.6 Å². The Morgan fingerprint density at radius 2 is 1.20 bits per heavy atom. The van der Waals surface area contributed by atoms with E-state index in [1.165, 1.54) is 26.5 Å². The minimum Gasteiger partial charge on any atom is -0.456 e. The zero-order chi connectivity index (χ0) is 27.1. The van der Waals surface area contributed by atoms with E-state index in [9.17, 15) is 4.79 Å². The van der Waals surface area contributed by atoms with Gasteiger partial charge in [0.15, 0.2) is 0 Å². The van der Waals surface area contributed by atoms with Crippen LogP contribution >= 0.6 is 11.3 Å². The highest BCUT2D eigenvalue weighted by Gasteiger charge is 2.18. The number of fused-ring (bicyclic) bond motifs is 8. The zero-order valence-corrected chi connectivity index (χ0v) is 22.6. The second-order valence-corrected chi connectivity index (χ2v) is 11.5. The number of aromatic nitrogens is 1. The van der Waals surface area contributed by atoms with Crippen molar-refractivity contribution in [2.24, 2.45) is 0 Å². The summed E-state index contributed by atoms with van der Waals surface area (Å²) in [5, 5.41) is 5.91. The highest BCUT2D eigenvalue weighted by atomic mass is 32.1. The molecule has 0 spiro atoms. The predicted octanol–water partition coefficient (Wildman–Crippen LogP) is 10.1. The minimum absolute atomic E-state index is 0.000615. The van der Waals surface area contributed by atoms with E-state index in [1.54, 1.807) is 11.3 Å². The van der Waals surface area contributed by atoms with Crippen molar-refractivity contribution in [1.29, 1.82) is 0 Å². The topological polar surface area (TPSA) is 35.1 Å². The van der Waals surface area contributed by atoms with Gasteiger partial charge in [0, 0.05) is 26.2 Å². The summed E-state index contributed by atoms with van der Waals surface area (Å²) in [6, 6.07) is 43.7. The SMILES string of the molecule is O=c1c2ccc(-c3ccccc3)cc2oc2cc3sc4c(-n5c6ccccc6c6ccccc65)cccc4c3cc12. The molecule has 0 fully saturated rings. The van der Waals surface area contributed by atoms with E-state index in [1.807, 2.05) is 48.5 Å². The Balaban J connectivity index is 1.32. The van der Waals surface area contributed by atoms with E-state index in [0.29, 0.717) is 21.9 Å². The average Bonchev–Trinajstić information content (AvgIpc) is 3.56. The molecular weight excluding hydrogens is 522 g/mol. The summed E-state index contributed by atoms with van der Waals surface area (Å²) in [7, 11) is 0. The monoisotopic (exact) mass is 543 g/mol. The summed E-state index contributed by atoms with van der Waals surface area (Å²) in [5.41, 5.74) is 6.85. The highest BCUT2D eigenvalue weighted by molar-refractivity contribution is 7.26. The summed E-state index contributed by atoms with van der Waals surface area (Å²) >= 11 is 1.75. The third-order valence-electron chi connectivity index (χ3n) is 8.20. The molecule has 0 saturated carbocycles. The first kappa shape index (κ1) is 22.6. The van der Waals surface area contributed by atoms with Crippen LogP contribution in [0, 0.1) is 0 Å². The van der Waals surface area contributed by atoms with E-state index in [0.717, 1.165) is 32.3 Å². The Bertz CT molecular complexity index is 2500. The molecule has 3 heterocycles. The van der Waals surface area contributed by atoms with E-state index in [4.69, 9.17) is 4.42 Å². The Kier molecular flexibility index (Phi) is 4.63. The van der Waals surface area contributed by atoms with E-state index < -0.39 is 0 Å². The summed E-state index contributed by atoms with van der Waals surface area (Å²) in [6.45, 7) is 0. The van der Waals surface area contributed by atoms with Crippen molar-refractivity contribution in [2.45, 2.75) is 0 Å². The molecule has 0 unspecified atom stereocenters. The van der Waals surface area contributed by atoms with Crippen LogP contribution in [0.5, 0.6) is 0 Å². The van der Waals surface area contributed by atoms with Gasteiger partial charge < -0.3 is 8.98 Å². The lowest BCUT2D eigenvalue weighted by molar-refractivity contribution is 0.661. The molecule has 6 aromatic carbocycles. The van der Waals surface area contributed by atoms with Crippen LogP contribution in [0.3, 0.4) is 0 Å². The molecule has 0 saturated heterocycles. The molecule has 9 rings (SSSR count). The second-order valence-electron chi connectivity index (χ2n) is 10.5. The quantitative estimate of drug-likeness (QED) is 0.203. The molecule has 0 bridgehead atoms. The van der Waals surface area contributed by atoms with E-state index in [2.05, 4.69) is 83.4 Å². The van der Waals surface area contributed by atoms with Gasteiger partial charge in [-0.2, -0.15) is 0 Å². The van der Waals surface area contributed by atoms with Gasteiger partial charge in [-0.15, -0.1) is 11.3 Å². The first-order valence-electron chi connectivity index (χ1n) is 13.6. The number of hydrogen-bond donors (Lipinski definition) is 0. The van der Waals surface area contributed by atoms with E-state index in [-0.39, 0.29) is 5.43 Å². The molecule has 0 aliphatic rings. The second kappa shape index (κ2) is 8.40. The summed E-state index contributed by atoms with van der Waals surface area (Å²) in [4.78, 5) is 13.7. The van der Waals surface area contributed by atoms with Gasteiger partial charge in [0.25, 0.3) is 0 Å². The van der Waals surface area contributed by atoms with Crippen LogP contribution in [0.25, 0.3) is 80.7 Å². The molecule has 3 aromatic heterocycles. The molecule has 3 nitrogen and oxygen atoms in total. The lowest BCUT2D eigenvalue weighted by Crippen LogP contribution is -2.02. The molecule has 0 atom stereocenters. The van der Waals surface area contributed by atoms with Crippen LogP contribution in [0.4, 0.5) is 0 Å². The lowest BCUT2D eigenvalue weighted by atomic mass is 10.0. The largest absolute Gasteiger partial charge is 0.456 e. The van der Waals surface area contributed by atoms with Gasteiger partial charge in [-0.25, -0.2) is 0 Å². The van der Waals surface area contributed by atoms with Crippen LogP contribution in [0.2, 0.25) is 0 Å². The van der Waals surface area contributed by atoms with Gasteiger partial charge in [0.1, 0.15) is 11.2 Å². The Labute approximate surface area is 238 Å². The molecule has 0 aliphatic heterocycles. The molecule has 41 heavy (non-hydrogen) atoms. The molecule has 0 aliphatic carbocycles. The maximum atomic E-state index is 13.7. The van der Waals surface area contributed by atoms with Gasteiger partial charge in [-0.3, -0.25) is 4.79 Å². The highest BCUT2D eigenvalue weighted by Crippen LogP contribution is 2.42. The molecule has 0 N–H and O–H groups in total. The Hall–Kier alpha value is -5.19. The first-order valence-corrected chi connectivity index (χ1v) is 14.5. The van der Waals surface area contributed by atoms with Crippen molar-refractivity contribution in [2.75, 3.05) is 0 Å². The molecular formula is C37H21NO2S. The van der Waals surface area contributed by atoms with Gasteiger partial charge in [0.2, 0.25) is 5.43 Å². The zero-order valence-electron chi connectivity index (χ0n) is 21.8. The third kappa shape index (κ3) is 3.22. The van der Waals surface area contributed by atoms with Crippen LogP contribution < -0.4 is 5.43 Å². The van der Waals surface area contributed by atoms with Crippen LogP contribution in [-0.2, 0) is 0 Å². The Morgan fingerprint density at radius 1 is 0.512 bits per heavy atom. The minimum atomic E-state index is 0.000615. The van der Waals surface area contributed by atoms with Crippen molar-refractivity contribution in [1.82, 2.24) is 4.57 Å². The van der Waals surface area contributed by atoms with Crippen molar-refractivity contribution >= 4 is 75.3 Å². The third-order valence-corrected chi connectivity index (χ3v) is 9.39. The number of nitrogens with zero attached hydrogens (tertiary/aromatic N) is 1. The van der Waals surface area contributed by atoms with Gasteiger partial charge in [-0.1, -0.05) is 84.9 Å². The molecule has 0 radical (unpaired) electrons. The maximum absolute atomic E-state index is 13.7. The van der Waals surface area contributed by atoms with Crippen molar-refractivity contribution in [3.63, 3.8) is 0 Å². The van der Waals surface area contributed by atoms with Crippen LogP contribution in [0.1, 0.15) is 0 Å². The molecule has 192 valence electrons. The fourth-order valence-corrected chi connectivity index (χ4v) is 7.51. The smallest absolute Gasteiger partial charge is 0.200 e. The number of para-hydroxylation sites is 2. The summed E-state index contributed by atoms with van der Waals surface area (Å²) < 4.78 is 11.1. The number of benzene rings is 6. The maximum Gasteiger partial charge on any atom is 0.200 e. The van der Waals surface area contributed by atoms with Gasteiger partial charge >= 0.3 is 0 Å². The van der Waals surface area contributed by atoms with E-state index >= 15 is 0 Å². The average molecular weight is 544 g/mol. The first-order chi connectivity index (χ1) is 20.2. The van der Waals surface area contributed by atoms with Gasteiger partial charge in [0.05, 0.1) is 32.2 Å². The van der Waals surface area contributed by atoms with Crippen molar-refractivity contribution < 1.29 is 4.42 Å². The summed E-state index contributed by atoms with van der Waals surface area (Å²) in [6.07, 6.45) is 0. The fraction of sp³-hybridized carbons (Fsp3) is 0. The van der Waals surface area contributed by atoms with Crippen LogP contribution in [-0.4, -0.2) is 4.57 Å². The number of thiophene rings is 1. The van der Waals surface area contributed by atoms with Crippen molar-refractivity contribution in [3.05, 3.63) is 138 Å². The normalized spacial score (nSPS) is 12.0. The number of hydrogen-bond acceptors (Lipinski definition) is 3. The fourth-order valence-electron chi connectivity index (χ4n) is 6.30. The van der Waals surface area contributed by atoms with Crippen LogP contribution in [0.15, 0.2) is 137 Å². The van der Waals surface area contributed by atoms with Crippen molar-refractivity contribution in [3.8, 4) is 16.8 Å². The lowest BCUT2D eigenvalue weighted by Gasteiger charge is -2.09. The number of rotatable bonds is 2. The Morgan fingerprint density at radius 3 is 1.98 bits per heavy atom. The molecule has 9 aromatic rings. The predicted molar refractivity (Wildman–Crippen MR) is 173 cm³/mol. The standard InChI is InChI=1S/C37H21NO2S/c39-36-27-18-17-23(22-9-2-1-3-10-22)19-33(27)40-34-21-35-28(20-29(34)36)26-13-8-16-32(37(26)41-35)38-30-14-6-4-11-24(30)25-12-5-7-15-31(25)38/h1-21H.